The zero-order valence-electron chi connectivity index (χ0n) is 19.6. The van der Waals surface area contributed by atoms with Crippen LogP contribution in [0.5, 0.6) is 5.75 Å². The molecule has 0 saturated heterocycles. The van der Waals surface area contributed by atoms with E-state index >= 15 is 0 Å². The Bertz CT molecular complexity index is 1710. The van der Waals surface area contributed by atoms with Gasteiger partial charge in [-0.15, -0.1) is 0 Å². The van der Waals surface area contributed by atoms with E-state index in [0.29, 0.717) is 5.39 Å². The minimum Gasteiger partial charge on any atom is -0.428 e. The molecule has 0 amide bonds. The van der Waals surface area contributed by atoms with Gasteiger partial charge in [-0.25, -0.2) is 18.1 Å². The number of halogens is 7. The van der Waals surface area contributed by atoms with Crippen LogP contribution < -0.4 is 4.74 Å². The number of nitrogens with zero attached hydrogens (tertiary/aromatic N) is 3. The van der Waals surface area contributed by atoms with Gasteiger partial charge < -0.3 is 4.74 Å². The lowest BCUT2D eigenvalue weighted by molar-refractivity contribution is -0.253. The molecular formula is C24H16F7N3O3S2. The van der Waals surface area contributed by atoms with E-state index in [-0.39, 0.29) is 37.6 Å². The summed E-state index contributed by atoms with van der Waals surface area (Å²) in [6.07, 6.45) is -11.0. The van der Waals surface area contributed by atoms with E-state index in [0.717, 1.165) is 28.9 Å². The van der Waals surface area contributed by atoms with Gasteiger partial charge in [0.15, 0.2) is 15.7 Å². The highest BCUT2D eigenvalue weighted by Gasteiger charge is 2.44. The Hall–Kier alpha value is -3.59. The molecule has 0 saturated carbocycles. The predicted octanol–water partition coefficient (Wildman–Crippen LogP) is 6.87. The maximum Gasteiger partial charge on any atom is 0.461 e. The third-order valence-electron chi connectivity index (χ3n) is 5.56. The summed E-state index contributed by atoms with van der Waals surface area (Å²) in [6, 6.07) is 8.55. The average Bonchev–Trinajstić information content (AvgIpc) is 2.88. The minimum atomic E-state index is -4.71. The molecular weight excluding hydrogens is 575 g/mol. The lowest BCUT2D eigenvalue weighted by atomic mass is 10.1. The van der Waals surface area contributed by atoms with Crippen LogP contribution in [0.15, 0.2) is 65.8 Å². The molecule has 0 radical (unpaired) electrons. The monoisotopic (exact) mass is 591 g/mol. The van der Waals surface area contributed by atoms with Crippen molar-refractivity contribution in [2.75, 3.05) is 5.75 Å². The molecule has 0 spiro atoms. The van der Waals surface area contributed by atoms with Gasteiger partial charge in [0.25, 0.3) is 0 Å². The number of sulfone groups is 1. The third-order valence-corrected chi connectivity index (χ3v) is 7.68. The van der Waals surface area contributed by atoms with Crippen LogP contribution in [-0.2, 0) is 16.0 Å². The molecule has 4 aromatic rings. The van der Waals surface area contributed by atoms with Crippen LogP contribution in [0.4, 0.5) is 30.7 Å². The van der Waals surface area contributed by atoms with E-state index in [2.05, 4.69) is 14.8 Å². The fourth-order valence-corrected chi connectivity index (χ4v) is 4.87. The summed E-state index contributed by atoms with van der Waals surface area (Å²) in [5.41, 5.74) is -0.480. The quantitative estimate of drug-likeness (QED) is 0.173. The molecule has 0 aliphatic carbocycles. The number of ether oxygens (including phenoxy) is 1. The lowest BCUT2D eigenvalue weighted by Crippen LogP contribution is -2.33. The van der Waals surface area contributed by atoms with Gasteiger partial charge in [0.1, 0.15) is 15.3 Å². The van der Waals surface area contributed by atoms with Crippen LogP contribution in [0.2, 0.25) is 0 Å². The van der Waals surface area contributed by atoms with Crippen molar-refractivity contribution in [2.45, 2.75) is 30.5 Å². The molecule has 206 valence electrons. The van der Waals surface area contributed by atoms with Crippen LogP contribution in [0.25, 0.3) is 27.7 Å². The second kappa shape index (κ2) is 10.2. The number of aromatic nitrogens is 3. The molecule has 2 aromatic carbocycles. The van der Waals surface area contributed by atoms with Gasteiger partial charge in [0.05, 0.1) is 17.5 Å². The molecule has 0 aliphatic rings. The largest absolute Gasteiger partial charge is 0.461 e. The van der Waals surface area contributed by atoms with Crippen LogP contribution in [0, 0.1) is 4.64 Å². The molecule has 0 N–H and O–H groups in total. The van der Waals surface area contributed by atoms with Crippen molar-refractivity contribution in [1.82, 2.24) is 14.8 Å². The molecule has 6 nitrogen and oxygen atoms in total. The maximum atomic E-state index is 13.3. The highest BCUT2D eigenvalue weighted by atomic mass is 32.2. The smallest absolute Gasteiger partial charge is 0.428 e. The van der Waals surface area contributed by atoms with E-state index in [1.54, 1.807) is 0 Å². The maximum absolute atomic E-state index is 13.3. The standard InChI is InChI=1S/C24H16F7N3O3S2/c1-2-39(35,36)19-9-15(13-4-7-17(8-5-13)37-24(30,31)22(25)26)11-32-20(19)34-21(38)18-10-16(23(27,28)29)6-3-14(18)12-33-34/h3-12,22H,2H2,1H3. The average molecular weight is 592 g/mol. The van der Waals surface area contributed by atoms with Gasteiger partial charge >= 0.3 is 18.7 Å². The molecule has 4 rings (SSSR count). The molecule has 0 bridgehead atoms. The van der Waals surface area contributed by atoms with Crippen molar-refractivity contribution in [2.24, 2.45) is 0 Å². The number of alkyl halides is 7. The summed E-state index contributed by atoms with van der Waals surface area (Å²) in [7, 11) is -4.01. The fraction of sp³-hybridized carbons (Fsp3) is 0.208. The lowest BCUT2D eigenvalue weighted by Gasteiger charge is -2.17. The zero-order valence-corrected chi connectivity index (χ0v) is 21.2. The summed E-state index contributed by atoms with van der Waals surface area (Å²) in [5.74, 6) is -1.19. The first-order valence-corrected chi connectivity index (χ1v) is 13.0. The van der Waals surface area contributed by atoms with Gasteiger partial charge in [-0.2, -0.15) is 35.8 Å². The van der Waals surface area contributed by atoms with Crippen molar-refractivity contribution in [1.29, 1.82) is 0 Å². The predicted molar refractivity (Wildman–Crippen MR) is 129 cm³/mol. The van der Waals surface area contributed by atoms with Crippen LogP contribution in [0.1, 0.15) is 12.5 Å². The van der Waals surface area contributed by atoms with Crippen molar-refractivity contribution >= 4 is 32.8 Å². The second-order valence-electron chi connectivity index (χ2n) is 8.10. The SMILES string of the molecule is CCS(=O)(=O)c1cc(-c2ccc(OC(F)(F)C(F)F)cc2)cnc1-n1ncc2ccc(C(F)(F)F)cc2c1=S. The van der Waals surface area contributed by atoms with E-state index in [4.69, 9.17) is 12.2 Å². The topological polar surface area (TPSA) is 74.1 Å². The Balaban J connectivity index is 1.82. The Labute approximate surface area is 221 Å². The fourth-order valence-electron chi connectivity index (χ4n) is 3.52. The second-order valence-corrected chi connectivity index (χ2v) is 10.7. The molecule has 39 heavy (non-hydrogen) atoms. The van der Waals surface area contributed by atoms with E-state index in [9.17, 15) is 39.2 Å². The minimum absolute atomic E-state index is 0.00302. The summed E-state index contributed by atoms with van der Waals surface area (Å²) < 4.78 is 122. The van der Waals surface area contributed by atoms with E-state index < -0.39 is 39.9 Å². The van der Waals surface area contributed by atoms with Gasteiger partial charge in [-0.05, 0) is 35.9 Å². The molecule has 15 heteroatoms. The number of hydrogen-bond donors (Lipinski definition) is 0. The Kier molecular flexibility index (Phi) is 7.42. The highest BCUT2D eigenvalue weighted by Crippen LogP contribution is 2.33. The van der Waals surface area contributed by atoms with Gasteiger partial charge in [-0.3, -0.25) is 0 Å². The first-order valence-electron chi connectivity index (χ1n) is 10.9. The first kappa shape index (κ1) is 28.4. The molecule has 0 unspecified atom stereocenters. The Morgan fingerprint density at radius 1 is 0.974 bits per heavy atom. The van der Waals surface area contributed by atoms with Gasteiger partial charge in [0.2, 0.25) is 0 Å². The van der Waals surface area contributed by atoms with Crippen molar-refractivity contribution < 1.29 is 43.9 Å². The molecule has 0 atom stereocenters. The van der Waals surface area contributed by atoms with Crippen molar-refractivity contribution in [3.05, 3.63) is 71.1 Å². The van der Waals surface area contributed by atoms with E-state index in [1.165, 1.54) is 43.6 Å². The van der Waals surface area contributed by atoms with Crippen molar-refractivity contribution in [3.8, 4) is 22.7 Å². The number of fused-ring (bicyclic) bond motifs is 1. The number of hydrogen-bond acceptors (Lipinski definition) is 6. The Morgan fingerprint density at radius 2 is 1.64 bits per heavy atom. The summed E-state index contributed by atoms with van der Waals surface area (Å²) >= 11 is 5.35. The van der Waals surface area contributed by atoms with Crippen molar-refractivity contribution in [3.63, 3.8) is 0 Å². The van der Waals surface area contributed by atoms with Gasteiger partial charge in [-0.1, -0.05) is 37.3 Å². The van der Waals surface area contributed by atoms with Gasteiger partial charge in [0, 0.05) is 22.5 Å². The number of rotatable bonds is 7. The van der Waals surface area contributed by atoms with E-state index in [1.807, 2.05) is 0 Å². The molecule has 0 aliphatic heterocycles. The Morgan fingerprint density at radius 3 is 2.23 bits per heavy atom. The molecule has 0 fully saturated rings. The van der Waals surface area contributed by atoms with Crippen LogP contribution in [-0.4, -0.2) is 41.5 Å². The highest BCUT2D eigenvalue weighted by molar-refractivity contribution is 7.91. The first-order chi connectivity index (χ1) is 18.1. The number of pyridine rings is 1. The third kappa shape index (κ3) is 5.73. The number of benzene rings is 2. The van der Waals surface area contributed by atoms with Crippen LogP contribution >= 0.6 is 12.2 Å². The normalized spacial score (nSPS) is 12.7. The molecule has 2 heterocycles. The summed E-state index contributed by atoms with van der Waals surface area (Å²) in [4.78, 5) is 3.82. The summed E-state index contributed by atoms with van der Waals surface area (Å²) in [5, 5.41) is 4.38. The zero-order chi connectivity index (χ0) is 28.8. The molecule has 2 aromatic heterocycles. The van der Waals surface area contributed by atoms with Crippen LogP contribution in [0.3, 0.4) is 0 Å². The summed E-state index contributed by atoms with van der Waals surface area (Å²) in [6.45, 7) is 1.36.